The van der Waals surface area contributed by atoms with Crippen molar-refractivity contribution in [2.24, 2.45) is 0 Å². The van der Waals surface area contributed by atoms with Crippen LogP contribution in [0.3, 0.4) is 0 Å². The van der Waals surface area contributed by atoms with Gasteiger partial charge in [0, 0.05) is 24.5 Å². The maximum Gasteiger partial charge on any atom is 0.0841 e. The maximum absolute atomic E-state index is 8.99. The molecule has 0 aliphatic heterocycles. The predicted molar refractivity (Wildman–Crippen MR) is 68.8 cm³/mol. The van der Waals surface area contributed by atoms with E-state index in [0.29, 0.717) is 6.54 Å². The first-order valence-corrected chi connectivity index (χ1v) is 6.05. The van der Waals surface area contributed by atoms with Gasteiger partial charge in [-0.3, -0.25) is 4.68 Å². The Labute approximate surface area is 101 Å². The summed E-state index contributed by atoms with van der Waals surface area (Å²) in [4.78, 5) is 0. The monoisotopic (exact) mass is 233 g/mol. The minimum atomic E-state index is 0.0977. The zero-order valence-electron chi connectivity index (χ0n) is 10.3. The third-order valence-electron chi connectivity index (χ3n) is 2.93. The highest BCUT2D eigenvalue weighted by atomic mass is 16.3. The average molecular weight is 233 g/mol. The lowest BCUT2D eigenvalue weighted by Gasteiger charge is -2.08. The molecule has 1 unspecified atom stereocenters. The molecular weight excluding hydrogens is 214 g/mol. The van der Waals surface area contributed by atoms with Gasteiger partial charge in [0.05, 0.1) is 17.8 Å². The van der Waals surface area contributed by atoms with Crippen molar-refractivity contribution in [3.8, 4) is 0 Å². The summed E-state index contributed by atoms with van der Waals surface area (Å²) in [5.74, 6) is 0. The third-order valence-corrected chi connectivity index (χ3v) is 2.93. The summed E-state index contributed by atoms with van der Waals surface area (Å²) in [6.45, 7) is 5.75. The van der Waals surface area contributed by atoms with Gasteiger partial charge in [-0.15, -0.1) is 0 Å². The number of hydrogen-bond acceptors (Lipinski definition) is 3. The molecule has 1 aromatic heterocycles. The molecule has 0 radical (unpaired) electrons. The summed E-state index contributed by atoms with van der Waals surface area (Å²) in [7, 11) is 0. The van der Waals surface area contributed by atoms with Gasteiger partial charge in [-0.2, -0.15) is 5.10 Å². The van der Waals surface area contributed by atoms with Crippen LogP contribution in [0.4, 0.5) is 0 Å². The first-order valence-electron chi connectivity index (χ1n) is 6.05. The number of para-hydroxylation sites is 1. The highest BCUT2D eigenvalue weighted by Gasteiger charge is 2.09. The molecule has 4 heteroatoms. The molecule has 0 aliphatic carbocycles. The number of rotatable bonds is 5. The number of hydrogen-bond donors (Lipinski definition) is 2. The lowest BCUT2D eigenvalue weighted by molar-refractivity contribution is 0.250. The lowest BCUT2D eigenvalue weighted by Crippen LogP contribution is -2.28. The average Bonchev–Trinajstić information content (AvgIpc) is 2.74. The highest BCUT2D eigenvalue weighted by Crippen LogP contribution is 2.18. The van der Waals surface area contributed by atoms with E-state index in [1.807, 2.05) is 23.7 Å². The van der Waals surface area contributed by atoms with Gasteiger partial charge in [0.25, 0.3) is 0 Å². The van der Waals surface area contributed by atoms with Crippen molar-refractivity contribution in [3.05, 3.63) is 30.0 Å². The van der Waals surface area contributed by atoms with Crippen LogP contribution in [0, 0.1) is 0 Å². The van der Waals surface area contributed by atoms with E-state index in [-0.39, 0.29) is 12.6 Å². The second kappa shape index (κ2) is 5.29. The van der Waals surface area contributed by atoms with Crippen molar-refractivity contribution < 1.29 is 5.11 Å². The molecule has 2 aromatic rings. The van der Waals surface area contributed by atoms with E-state index in [0.717, 1.165) is 12.2 Å². The summed E-state index contributed by atoms with van der Waals surface area (Å²) in [6.07, 6.45) is 0. The molecule has 0 amide bonds. The molecule has 0 fully saturated rings. The summed E-state index contributed by atoms with van der Waals surface area (Å²) in [5.41, 5.74) is 2.21. The van der Waals surface area contributed by atoms with Gasteiger partial charge < -0.3 is 10.4 Å². The molecule has 2 rings (SSSR count). The molecule has 1 atom stereocenters. The molecule has 4 nitrogen and oxygen atoms in total. The van der Waals surface area contributed by atoms with Crippen molar-refractivity contribution in [1.82, 2.24) is 15.1 Å². The Morgan fingerprint density at radius 3 is 2.88 bits per heavy atom. The first kappa shape index (κ1) is 12.1. The fourth-order valence-corrected chi connectivity index (χ4v) is 1.90. The second-order valence-corrected chi connectivity index (χ2v) is 4.24. The molecule has 0 spiro atoms. The minimum absolute atomic E-state index is 0.0977. The quantitative estimate of drug-likeness (QED) is 0.823. The van der Waals surface area contributed by atoms with E-state index in [2.05, 4.69) is 29.5 Å². The lowest BCUT2D eigenvalue weighted by atomic mass is 10.2. The number of benzene rings is 1. The fourth-order valence-electron chi connectivity index (χ4n) is 1.90. The van der Waals surface area contributed by atoms with Crippen LogP contribution in [0.1, 0.15) is 19.5 Å². The normalized spacial score (nSPS) is 13.1. The van der Waals surface area contributed by atoms with Gasteiger partial charge in [0.2, 0.25) is 0 Å². The van der Waals surface area contributed by atoms with Crippen LogP contribution < -0.4 is 5.32 Å². The van der Waals surface area contributed by atoms with Crippen molar-refractivity contribution >= 4 is 10.9 Å². The van der Waals surface area contributed by atoms with E-state index in [4.69, 9.17) is 5.11 Å². The van der Waals surface area contributed by atoms with Gasteiger partial charge in [-0.1, -0.05) is 18.2 Å². The molecule has 17 heavy (non-hydrogen) atoms. The summed E-state index contributed by atoms with van der Waals surface area (Å²) in [5, 5.41) is 18.0. The largest absolute Gasteiger partial charge is 0.395 e. The molecule has 0 bridgehead atoms. The molecule has 2 N–H and O–H groups in total. The molecule has 0 aliphatic rings. The predicted octanol–water partition coefficient (Wildman–Crippen LogP) is 1.53. The molecule has 1 aromatic carbocycles. The number of nitrogens with one attached hydrogen (secondary N) is 1. The maximum atomic E-state index is 8.99. The zero-order chi connectivity index (χ0) is 12.3. The number of fused-ring (bicyclic) bond motifs is 1. The third kappa shape index (κ3) is 2.48. The topological polar surface area (TPSA) is 50.1 Å². The molecule has 92 valence electrons. The van der Waals surface area contributed by atoms with E-state index in [9.17, 15) is 0 Å². The van der Waals surface area contributed by atoms with E-state index in [1.165, 1.54) is 10.9 Å². The van der Waals surface area contributed by atoms with E-state index < -0.39 is 0 Å². The Morgan fingerprint density at radius 1 is 1.41 bits per heavy atom. The van der Waals surface area contributed by atoms with Crippen molar-refractivity contribution in [2.75, 3.05) is 6.61 Å². The smallest absolute Gasteiger partial charge is 0.0841 e. The van der Waals surface area contributed by atoms with Crippen LogP contribution in [0.15, 0.2) is 24.3 Å². The number of nitrogens with zero attached hydrogens (tertiary/aromatic N) is 2. The Hall–Kier alpha value is -1.39. The van der Waals surface area contributed by atoms with Gasteiger partial charge in [-0.25, -0.2) is 0 Å². The zero-order valence-corrected chi connectivity index (χ0v) is 10.3. The fraction of sp³-hybridized carbons (Fsp3) is 0.462. The van der Waals surface area contributed by atoms with Crippen LogP contribution >= 0.6 is 0 Å². The number of aliphatic hydroxyl groups excluding tert-OH is 1. The van der Waals surface area contributed by atoms with Gasteiger partial charge in [0.1, 0.15) is 0 Å². The van der Waals surface area contributed by atoms with Gasteiger partial charge in [0.15, 0.2) is 0 Å². The van der Waals surface area contributed by atoms with Crippen LogP contribution in [0.5, 0.6) is 0 Å². The van der Waals surface area contributed by atoms with Crippen molar-refractivity contribution in [1.29, 1.82) is 0 Å². The van der Waals surface area contributed by atoms with Gasteiger partial charge >= 0.3 is 0 Å². The number of aliphatic hydroxyl groups is 1. The van der Waals surface area contributed by atoms with E-state index >= 15 is 0 Å². The molecule has 1 heterocycles. The molecular formula is C13H19N3O. The summed E-state index contributed by atoms with van der Waals surface area (Å²) in [6, 6.07) is 8.34. The Bertz CT molecular complexity index is 492. The summed E-state index contributed by atoms with van der Waals surface area (Å²) >= 11 is 0. The number of aromatic nitrogens is 2. The molecule has 0 saturated heterocycles. The van der Waals surface area contributed by atoms with Crippen LogP contribution in [-0.2, 0) is 13.1 Å². The van der Waals surface area contributed by atoms with E-state index in [1.54, 1.807) is 0 Å². The molecule has 0 saturated carbocycles. The first-order chi connectivity index (χ1) is 8.26. The minimum Gasteiger partial charge on any atom is -0.395 e. The van der Waals surface area contributed by atoms with Crippen LogP contribution in [0.25, 0.3) is 10.9 Å². The second-order valence-electron chi connectivity index (χ2n) is 4.24. The standard InChI is InChI=1S/C13H19N3O/c1-3-16-13-7-5-4-6-11(13)12(15-16)8-14-10(2)9-17/h4-7,10,14,17H,3,8-9H2,1-2H3. The number of aryl methyl sites for hydroxylation is 1. The Balaban J connectivity index is 2.28. The highest BCUT2D eigenvalue weighted by molar-refractivity contribution is 5.81. The van der Waals surface area contributed by atoms with Crippen LogP contribution in [0.2, 0.25) is 0 Å². The van der Waals surface area contributed by atoms with Crippen molar-refractivity contribution in [2.45, 2.75) is 33.0 Å². The SMILES string of the molecule is CCn1nc(CNC(C)CO)c2ccccc21. The summed E-state index contributed by atoms with van der Waals surface area (Å²) < 4.78 is 2.01. The van der Waals surface area contributed by atoms with Gasteiger partial charge in [-0.05, 0) is 19.9 Å². The Morgan fingerprint density at radius 2 is 2.18 bits per heavy atom. The Kier molecular flexibility index (Phi) is 3.76. The van der Waals surface area contributed by atoms with Crippen molar-refractivity contribution in [3.63, 3.8) is 0 Å². The van der Waals surface area contributed by atoms with Crippen LogP contribution in [-0.4, -0.2) is 27.5 Å².